The maximum Gasteiger partial charge on any atom is 0.246 e. The van der Waals surface area contributed by atoms with Crippen LogP contribution in [0, 0.1) is 0 Å². The Morgan fingerprint density at radius 3 is 2.70 bits per heavy atom. The fourth-order valence-electron chi connectivity index (χ4n) is 2.61. The Kier molecular flexibility index (Phi) is 5.06. The second-order valence-electron chi connectivity index (χ2n) is 5.12. The summed E-state index contributed by atoms with van der Waals surface area (Å²) >= 11 is 4.15. The van der Waals surface area contributed by atoms with E-state index in [0.717, 1.165) is 13.0 Å². The Morgan fingerprint density at radius 2 is 2.10 bits per heavy atom. The highest BCUT2D eigenvalue weighted by Gasteiger charge is 2.31. The van der Waals surface area contributed by atoms with Gasteiger partial charge in [-0.3, -0.25) is 9.59 Å². The normalized spacial score (nSPS) is 19.7. The van der Waals surface area contributed by atoms with Crippen molar-refractivity contribution in [3.63, 3.8) is 0 Å². The van der Waals surface area contributed by atoms with Gasteiger partial charge in [0.15, 0.2) is 0 Å². The lowest BCUT2D eigenvalue weighted by Crippen LogP contribution is -2.48. The molecule has 1 aromatic carbocycles. The van der Waals surface area contributed by atoms with Gasteiger partial charge in [0.05, 0.1) is 0 Å². The summed E-state index contributed by atoms with van der Waals surface area (Å²) in [6, 6.07) is 9.71. The van der Waals surface area contributed by atoms with Gasteiger partial charge in [0.1, 0.15) is 6.04 Å². The van der Waals surface area contributed by atoms with Crippen molar-refractivity contribution < 1.29 is 9.59 Å². The third-order valence-corrected chi connectivity index (χ3v) is 3.99. The number of carbonyl (C=O) groups excluding carboxylic acids is 2. The van der Waals surface area contributed by atoms with Gasteiger partial charge in [-0.15, -0.1) is 0 Å². The van der Waals surface area contributed by atoms with Gasteiger partial charge >= 0.3 is 0 Å². The quantitative estimate of drug-likeness (QED) is 0.825. The van der Waals surface area contributed by atoms with E-state index < -0.39 is 6.04 Å². The number of rotatable bonds is 4. The summed E-state index contributed by atoms with van der Waals surface area (Å²) in [5.74, 6) is 0.480. The van der Waals surface area contributed by atoms with Crippen LogP contribution in [0.15, 0.2) is 30.3 Å². The van der Waals surface area contributed by atoms with Crippen LogP contribution in [-0.2, 0) is 9.59 Å². The summed E-state index contributed by atoms with van der Waals surface area (Å²) < 4.78 is 0. The highest BCUT2D eigenvalue weighted by molar-refractivity contribution is 7.80. The molecule has 0 bridgehead atoms. The minimum Gasteiger partial charge on any atom is -0.344 e. The molecule has 1 aliphatic heterocycles. The van der Waals surface area contributed by atoms with Crippen LogP contribution in [0.5, 0.6) is 0 Å². The Labute approximate surface area is 124 Å². The standard InChI is InChI=1S/C15H20N2O2S/c1-11(18)16-14(10-20)15(19)17-8-7-13(9-17)12-5-3-2-4-6-12/h2-6,13-14,20H,7-10H2,1H3,(H,16,18). The largest absolute Gasteiger partial charge is 0.344 e. The molecule has 4 nitrogen and oxygen atoms in total. The molecule has 1 heterocycles. The molecule has 2 unspecified atom stereocenters. The molecule has 1 saturated heterocycles. The zero-order chi connectivity index (χ0) is 14.5. The van der Waals surface area contributed by atoms with E-state index >= 15 is 0 Å². The smallest absolute Gasteiger partial charge is 0.246 e. The fourth-order valence-corrected chi connectivity index (χ4v) is 2.86. The highest BCUT2D eigenvalue weighted by atomic mass is 32.1. The van der Waals surface area contributed by atoms with Crippen LogP contribution in [0.3, 0.4) is 0 Å². The summed E-state index contributed by atoms with van der Waals surface area (Å²) in [7, 11) is 0. The van der Waals surface area contributed by atoms with Crippen LogP contribution in [0.1, 0.15) is 24.8 Å². The van der Waals surface area contributed by atoms with Gasteiger partial charge in [0.25, 0.3) is 0 Å². The molecule has 5 heteroatoms. The molecule has 1 fully saturated rings. The average Bonchev–Trinajstić information content (AvgIpc) is 2.94. The summed E-state index contributed by atoms with van der Waals surface area (Å²) in [5.41, 5.74) is 1.27. The van der Waals surface area contributed by atoms with E-state index in [9.17, 15) is 9.59 Å². The molecule has 0 radical (unpaired) electrons. The summed E-state index contributed by atoms with van der Waals surface area (Å²) in [6.07, 6.45) is 0.967. The molecular weight excluding hydrogens is 272 g/mol. The molecular formula is C15H20N2O2S. The first-order valence-corrected chi connectivity index (χ1v) is 7.46. The van der Waals surface area contributed by atoms with Crippen molar-refractivity contribution >= 4 is 24.4 Å². The van der Waals surface area contributed by atoms with Crippen molar-refractivity contribution in [3.05, 3.63) is 35.9 Å². The summed E-state index contributed by atoms with van der Waals surface area (Å²) in [6.45, 7) is 2.87. The number of nitrogens with zero attached hydrogens (tertiary/aromatic N) is 1. The molecule has 0 aliphatic carbocycles. The van der Waals surface area contributed by atoms with E-state index in [1.807, 2.05) is 23.1 Å². The van der Waals surface area contributed by atoms with Gasteiger partial charge in [0, 0.05) is 31.7 Å². The van der Waals surface area contributed by atoms with Crippen molar-refractivity contribution in [2.24, 2.45) is 0 Å². The van der Waals surface area contributed by atoms with Gasteiger partial charge in [0.2, 0.25) is 11.8 Å². The zero-order valence-electron chi connectivity index (χ0n) is 11.6. The molecule has 20 heavy (non-hydrogen) atoms. The lowest BCUT2D eigenvalue weighted by Gasteiger charge is -2.23. The molecule has 108 valence electrons. The maximum atomic E-state index is 12.4. The summed E-state index contributed by atoms with van der Waals surface area (Å²) in [4.78, 5) is 25.3. The minimum atomic E-state index is -0.523. The Balaban J connectivity index is 1.98. The number of thiol groups is 1. The first-order chi connectivity index (χ1) is 9.61. The van der Waals surface area contributed by atoms with Gasteiger partial charge in [-0.2, -0.15) is 12.6 Å². The number of nitrogens with one attached hydrogen (secondary N) is 1. The van der Waals surface area contributed by atoms with E-state index in [1.54, 1.807) is 0 Å². The fraction of sp³-hybridized carbons (Fsp3) is 0.467. The highest BCUT2D eigenvalue weighted by Crippen LogP contribution is 2.27. The second-order valence-corrected chi connectivity index (χ2v) is 5.48. The SMILES string of the molecule is CC(=O)NC(CS)C(=O)N1CCC(c2ccccc2)C1. The molecule has 2 amide bonds. The molecule has 0 spiro atoms. The lowest BCUT2D eigenvalue weighted by molar-refractivity contribution is -0.134. The van der Waals surface area contributed by atoms with Gasteiger partial charge < -0.3 is 10.2 Å². The second kappa shape index (κ2) is 6.79. The Hall–Kier alpha value is -1.49. The molecule has 0 saturated carbocycles. The zero-order valence-corrected chi connectivity index (χ0v) is 12.5. The van der Waals surface area contributed by atoms with Crippen molar-refractivity contribution in [1.82, 2.24) is 10.2 Å². The average molecular weight is 292 g/mol. The number of amides is 2. The van der Waals surface area contributed by atoms with E-state index in [-0.39, 0.29) is 11.8 Å². The van der Waals surface area contributed by atoms with Crippen LogP contribution < -0.4 is 5.32 Å². The van der Waals surface area contributed by atoms with Gasteiger partial charge in [-0.25, -0.2) is 0 Å². The maximum absolute atomic E-state index is 12.4. The monoisotopic (exact) mass is 292 g/mol. The van der Waals surface area contributed by atoms with Crippen molar-refractivity contribution in [3.8, 4) is 0 Å². The first kappa shape index (κ1) is 14.9. The summed E-state index contributed by atoms with van der Waals surface area (Å²) in [5, 5.41) is 2.65. The van der Waals surface area contributed by atoms with Crippen LogP contribution in [0.4, 0.5) is 0 Å². The van der Waals surface area contributed by atoms with Crippen LogP contribution >= 0.6 is 12.6 Å². The van der Waals surface area contributed by atoms with Crippen LogP contribution in [0.2, 0.25) is 0 Å². The van der Waals surface area contributed by atoms with Crippen LogP contribution in [-0.4, -0.2) is 41.6 Å². The van der Waals surface area contributed by atoms with E-state index in [2.05, 4.69) is 30.1 Å². The molecule has 2 rings (SSSR count). The molecule has 1 aliphatic rings. The molecule has 1 N–H and O–H groups in total. The number of hydrogen-bond acceptors (Lipinski definition) is 3. The number of benzene rings is 1. The Morgan fingerprint density at radius 1 is 1.40 bits per heavy atom. The van der Waals surface area contributed by atoms with Crippen LogP contribution in [0.25, 0.3) is 0 Å². The minimum absolute atomic E-state index is 0.0337. The van der Waals surface area contributed by atoms with Gasteiger partial charge in [-0.05, 0) is 12.0 Å². The van der Waals surface area contributed by atoms with E-state index in [0.29, 0.717) is 18.2 Å². The molecule has 1 aromatic rings. The van der Waals surface area contributed by atoms with Crippen molar-refractivity contribution in [1.29, 1.82) is 0 Å². The van der Waals surface area contributed by atoms with Gasteiger partial charge in [-0.1, -0.05) is 30.3 Å². The van der Waals surface area contributed by atoms with Crippen molar-refractivity contribution in [2.45, 2.75) is 25.3 Å². The topological polar surface area (TPSA) is 49.4 Å². The van der Waals surface area contributed by atoms with Crippen molar-refractivity contribution in [2.75, 3.05) is 18.8 Å². The third-order valence-electron chi connectivity index (χ3n) is 3.63. The number of carbonyl (C=O) groups is 2. The molecule has 2 atom stereocenters. The predicted octanol–water partition coefficient (Wildman–Crippen LogP) is 1.44. The first-order valence-electron chi connectivity index (χ1n) is 6.83. The Bertz CT molecular complexity index is 478. The van der Waals surface area contributed by atoms with E-state index in [4.69, 9.17) is 0 Å². The third kappa shape index (κ3) is 3.54. The number of hydrogen-bond donors (Lipinski definition) is 2. The van der Waals surface area contributed by atoms with E-state index in [1.165, 1.54) is 12.5 Å². The lowest BCUT2D eigenvalue weighted by atomic mass is 9.99. The predicted molar refractivity (Wildman–Crippen MR) is 81.8 cm³/mol. The molecule has 0 aromatic heterocycles. The number of likely N-dealkylation sites (tertiary alicyclic amines) is 1.